The SMILES string of the molecule is CCOc1ccc(CN2C(=O)c3c(C(=O)OC)ncn3C[C@]2(C)C(=O)NC2CCCCCC2)cc1. The van der Waals surface area contributed by atoms with Crippen molar-refractivity contribution in [1.82, 2.24) is 19.8 Å². The molecule has 0 radical (unpaired) electrons. The van der Waals surface area contributed by atoms with Crippen LogP contribution in [0.4, 0.5) is 0 Å². The van der Waals surface area contributed by atoms with Crippen LogP contribution in [0.15, 0.2) is 30.6 Å². The molecule has 2 amide bonds. The van der Waals surface area contributed by atoms with Gasteiger partial charge in [0.05, 0.1) is 26.6 Å². The Morgan fingerprint density at radius 3 is 2.46 bits per heavy atom. The van der Waals surface area contributed by atoms with Gasteiger partial charge in [0.1, 0.15) is 17.0 Å². The van der Waals surface area contributed by atoms with Crippen molar-refractivity contribution in [3.05, 3.63) is 47.5 Å². The maximum atomic E-state index is 13.8. The summed E-state index contributed by atoms with van der Waals surface area (Å²) in [5.74, 6) is -0.565. The van der Waals surface area contributed by atoms with E-state index in [0.29, 0.717) is 6.61 Å². The second-order valence-electron chi connectivity index (χ2n) is 9.47. The first-order valence-corrected chi connectivity index (χ1v) is 12.4. The second-order valence-corrected chi connectivity index (χ2v) is 9.47. The van der Waals surface area contributed by atoms with Crippen LogP contribution in [0.3, 0.4) is 0 Å². The lowest BCUT2D eigenvalue weighted by Gasteiger charge is -2.44. The molecule has 1 atom stereocenters. The summed E-state index contributed by atoms with van der Waals surface area (Å²) in [6, 6.07) is 7.56. The molecule has 9 heteroatoms. The van der Waals surface area contributed by atoms with Gasteiger partial charge in [-0.25, -0.2) is 9.78 Å². The van der Waals surface area contributed by atoms with Gasteiger partial charge in [0.15, 0.2) is 5.69 Å². The van der Waals surface area contributed by atoms with Crippen LogP contribution >= 0.6 is 0 Å². The van der Waals surface area contributed by atoms with Gasteiger partial charge >= 0.3 is 5.97 Å². The topological polar surface area (TPSA) is 103 Å². The largest absolute Gasteiger partial charge is 0.494 e. The molecule has 4 rings (SSSR count). The molecule has 1 aromatic heterocycles. The van der Waals surface area contributed by atoms with Crippen LogP contribution in [0, 0.1) is 0 Å². The Kier molecular flexibility index (Phi) is 7.42. The fraction of sp³-hybridized carbons (Fsp3) is 0.538. The Labute approximate surface area is 205 Å². The van der Waals surface area contributed by atoms with Crippen LogP contribution in [0.25, 0.3) is 0 Å². The zero-order valence-corrected chi connectivity index (χ0v) is 20.7. The Bertz CT molecular complexity index is 1070. The summed E-state index contributed by atoms with van der Waals surface area (Å²) in [5, 5.41) is 3.22. The summed E-state index contributed by atoms with van der Waals surface area (Å²) >= 11 is 0. The average Bonchev–Trinajstić information content (AvgIpc) is 3.10. The number of fused-ring (bicyclic) bond motifs is 1. The lowest BCUT2D eigenvalue weighted by molar-refractivity contribution is -0.134. The highest BCUT2D eigenvalue weighted by Gasteiger charge is 2.49. The van der Waals surface area contributed by atoms with Crippen molar-refractivity contribution in [1.29, 1.82) is 0 Å². The number of nitrogens with zero attached hydrogens (tertiary/aromatic N) is 3. The zero-order chi connectivity index (χ0) is 25.0. The Morgan fingerprint density at radius 1 is 1.14 bits per heavy atom. The van der Waals surface area contributed by atoms with Crippen molar-refractivity contribution in [2.45, 2.75) is 77.0 Å². The number of rotatable bonds is 7. The maximum Gasteiger partial charge on any atom is 0.359 e. The molecule has 2 heterocycles. The number of ether oxygens (including phenoxy) is 2. The normalized spacial score (nSPS) is 20.7. The maximum absolute atomic E-state index is 13.8. The predicted molar refractivity (Wildman–Crippen MR) is 129 cm³/mol. The van der Waals surface area contributed by atoms with Crippen molar-refractivity contribution < 1.29 is 23.9 Å². The van der Waals surface area contributed by atoms with Gasteiger partial charge in [-0.1, -0.05) is 37.8 Å². The molecule has 1 saturated carbocycles. The molecule has 1 aromatic carbocycles. The van der Waals surface area contributed by atoms with Crippen LogP contribution in [-0.4, -0.2) is 57.5 Å². The van der Waals surface area contributed by atoms with E-state index in [1.807, 2.05) is 31.2 Å². The lowest BCUT2D eigenvalue weighted by Crippen LogP contribution is -2.64. The van der Waals surface area contributed by atoms with E-state index in [9.17, 15) is 14.4 Å². The Balaban J connectivity index is 1.67. The molecule has 2 aromatic rings. The third-order valence-corrected chi connectivity index (χ3v) is 6.99. The minimum atomic E-state index is -1.16. The van der Waals surface area contributed by atoms with Gasteiger partial charge in [0.2, 0.25) is 5.91 Å². The smallest absolute Gasteiger partial charge is 0.359 e. The number of hydrogen-bond donors (Lipinski definition) is 1. The predicted octanol–water partition coefficient (Wildman–Crippen LogP) is 3.32. The van der Waals surface area contributed by atoms with E-state index in [-0.39, 0.29) is 36.4 Å². The van der Waals surface area contributed by atoms with Gasteiger partial charge in [-0.3, -0.25) is 9.59 Å². The molecule has 1 aliphatic carbocycles. The average molecular weight is 483 g/mol. The van der Waals surface area contributed by atoms with E-state index in [1.54, 1.807) is 16.4 Å². The van der Waals surface area contributed by atoms with Gasteiger partial charge in [-0.2, -0.15) is 0 Å². The second kappa shape index (κ2) is 10.5. The quantitative estimate of drug-likeness (QED) is 0.480. The Hall–Kier alpha value is -3.36. The summed E-state index contributed by atoms with van der Waals surface area (Å²) in [4.78, 5) is 45.5. The molecule has 1 aliphatic heterocycles. The van der Waals surface area contributed by atoms with Crippen molar-refractivity contribution in [2.75, 3.05) is 13.7 Å². The van der Waals surface area contributed by atoms with E-state index in [4.69, 9.17) is 9.47 Å². The number of carbonyl (C=O) groups is 3. The molecule has 0 saturated heterocycles. The van der Waals surface area contributed by atoms with Gasteiger partial charge in [-0.15, -0.1) is 0 Å². The number of benzene rings is 1. The van der Waals surface area contributed by atoms with E-state index in [1.165, 1.54) is 26.3 Å². The number of carbonyl (C=O) groups excluding carboxylic acids is 3. The molecular formula is C26H34N4O5. The number of hydrogen-bond acceptors (Lipinski definition) is 6. The van der Waals surface area contributed by atoms with Gasteiger partial charge < -0.3 is 24.3 Å². The van der Waals surface area contributed by atoms with Crippen molar-refractivity contribution in [3.63, 3.8) is 0 Å². The lowest BCUT2D eigenvalue weighted by atomic mass is 9.92. The molecule has 0 unspecified atom stereocenters. The van der Waals surface area contributed by atoms with Crippen molar-refractivity contribution >= 4 is 17.8 Å². The van der Waals surface area contributed by atoms with Crippen LogP contribution in [0.1, 0.15) is 78.9 Å². The van der Waals surface area contributed by atoms with Crippen LogP contribution in [-0.2, 0) is 22.6 Å². The van der Waals surface area contributed by atoms with Gasteiger partial charge in [-0.05, 0) is 44.4 Å². The fourth-order valence-corrected chi connectivity index (χ4v) is 4.99. The van der Waals surface area contributed by atoms with Gasteiger partial charge in [0, 0.05) is 12.6 Å². The van der Waals surface area contributed by atoms with E-state index in [2.05, 4.69) is 10.3 Å². The molecular weight excluding hydrogens is 448 g/mol. The standard InChI is InChI=1S/C26H34N4O5/c1-4-35-20-13-11-18(12-14-20)15-30-23(31)22-21(24(32)34-3)27-17-29(22)16-26(30,2)25(33)28-19-9-7-5-6-8-10-19/h11-14,17,19H,4-10,15-16H2,1-3H3,(H,28,33)/t26-/m1/s1. The molecule has 2 aliphatic rings. The Morgan fingerprint density at radius 2 is 1.83 bits per heavy atom. The third kappa shape index (κ3) is 5.04. The molecule has 0 bridgehead atoms. The first kappa shape index (κ1) is 24.8. The first-order valence-electron chi connectivity index (χ1n) is 12.4. The monoisotopic (exact) mass is 482 g/mol. The minimum absolute atomic E-state index is 0.0413. The number of methoxy groups -OCH3 is 1. The first-order chi connectivity index (χ1) is 16.9. The summed E-state index contributed by atoms with van der Waals surface area (Å²) in [6.45, 7) is 4.65. The number of nitrogens with one attached hydrogen (secondary N) is 1. The molecule has 1 fully saturated rings. The third-order valence-electron chi connectivity index (χ3n) is 6.99. The highest BCUT2D eigenvalue weighted by Crippen LogP contribution is 2.32. The molecule has 188 valence electrons. The molecule has 0 spiro atoms. The van der Waals surface area contributed by atoms with Crippen molar-refractivity contribution in [3.8, 4) is 5.75 Å². The highest BCUT2D eigenvalue weighted by molar-refractivity contribution is 6.06. The number of aromatic nitrogens is 2. The summed E-state index contributed by atoms with van der Waals surface area (Å²) in [5.41, 5.74) is -0.214. The zero-order valence-electron chi connectivity index (χ0n) is 20.7. The van der Waals surface area contributed by atoms with Crippen LogP contribution in [0.5, 0.6) is 5.75 Å². The number of esters is 1. The van der Waals surface area contributed by atoms with E-state index < -0.39 is 17.4 Å². The van der Waals surface area contributed by atoms with E-state index >= 15 is 0 Å². The van der Waals surface area contributed by atoms with Gasteiger partial charge in [0.25, 0.3) is 5.91 Å². The molecule has 35 heavy (non-hydrogen) atoms. The van der Waals surface area contributed by atoms with Crippen LogP contribution < -0.4 is 10.1 Å². The number of amides is 2. The minimum Gasteiger partial charge on any atom is -0.494 e. The molecule has 1 N–H and O–H groups in total. The fourth-order valence-electron chi connectivity index (χ4n) is 4.99. The summed E-state index contributed by atoms with van der Waals surface area (Å²) < 4.78 is 12.0. The molecule has 9 nitrogen and oxygen atoms in total. The van der Waals surface area contributed by atoms with Crippen molar-refractivity contribution in [2.24, 2.45) is 0 Å². The highest BCUT2D eigenvalue weighted by atomic mass is 16.5. The summed E-state index contributed by atoms with van der Waals surface area (Å²) in [6.07, 6.45) is 7.86. The van der Waals surface area contributed by atoms with Crippen LogP contribution in [0.2, 0.25) is 0 Å². The number of imidazole rings is 1. The summed E-state index contributed by atoms with van der Waals surface area (Å²) in [7, 11) is 1.25. The van der Waals surface area contributed by atoms with E-state index in [0.717, 1.165) is 37.0 Å².